The van der Waals surface area contributed by atoms with E-state index in [4.69, 9.17) is 5.73 Å². The molecule has 0 aromatic carbocycles. The molecular weight excluding hydrogens is 154 g/mol. The standard InChI is InChI=1S/C9H21NS/c1-8(2)5-4-6-9(10)7-11-3/h8-9H,4-7,10H2,1-3H3. The molecular formula is C9H21NS. The lowest BCUT2D eigenvalue weighted by molar-refractivity contribution is 0.513. The van der Waals surface area contributed by atoms with Crippen LogP contribution in [0, 0.1) is 5.92 Å². The minimum absolute atomic E-state index is 0.420. The van der Waals surface area contributed by atoms with Gasteiger partial charge in [-0.1, -0.05) is 26.7 Å². The van der Waals surface area contributed by atoms with Gasteiger partial charge in [0.1, 0.15) is 0 Å². The van der Waals surface area contributed by atoms with Crippen LogP contribution in [0.1, 0.15) is 33.1 Å². The molecule has 68 valence electrons. The fourth-order valence-electron chi connectivity index (χ4n) is 1.09. The van der Waals surface area contributed by atoms with Crippen LogP contribution in [0.5, 0.6) is 0 Å². The second kappa shape index (κ2) is 6.99. The Balaban J connectivity index is 3.10. The fourth-order valence-corrected chi connectivity index (χ4v) is 1.68. The summed E-state index contributed by atoms with van der Waals surface area (Å²) in [5.41, 5.74) is 5.85. The van der Waals surface area contributed by atoms with Crippen LogP contribution < -0.4 is 5.73 Å². The van der Waals surface area contributed by atoms with Crippen molar-refractivity contribution in [2.75, 3.05) is 12.0 Å². The average molecular weight is 175 g/mol. The molecule has 0 aromatic heterocycles. The van der Waals surface area contributed by atoms with Crippen molar-refractivity contribution in [3.05, 3.63) is 0 Å². The number of thioether (sulfide) groups is 1. The van der Waals surface area contributed by atoms with Crippen molar-refractivity contribution >= 4 is 11.8 Å². The summed E-state index contributed by atoms with van der Waals surface area (Å²) >= 11 is 1.84. The zero-order chi connectivity index (χ0) is 8.69. The van der Waals surface area contributed by atoms with Gasteiger partial charge in [-0.15, -0.1) is 0 Å². The van der Waals surface area contributed by atoms with Gasteiger partial charge >= 0.3 is 0 Å². The monoisotopic (exact) mass is 175 g/mol. The van der Waals surface area contributed by atoms with Gasteiger partial charge in [-0.2, -0.15) is 11.8 Å². The number of nitrogens with two attached hydrogens (primary N) is 1. The van der Waals surface area contributed by atoms with E-state index in [2.05, 4.69) is 20.1 Å². The molecule has 1 nitrogen and oxygen atoms in total. The molecule has 0 bridgehead atoms. The normalized spacial score (nSPS) is 13.9. The van der Waals surface area contributed by atoms with Crippen molar-refractivity contribution in [3.63, 3.8) is 0 Å². The molecule has 0 amide bonds. The number of rotatable bonds is 6. The van der Waals surface area contributed by atoms with E-state index >= 15 is 0 Å². The highest BCUT2D eigenvalue weighted by Crippen LogP contribution is 2.09. The maximum atomic E-state index is 5.85. The molecule has 0 spiro atoms. The average Bonchev–Trinajstić information content (AvgIpc) is 1.87. The Morgan fingerprint density at radius 2 is 1.91 bits per heavy atom. The number of hydrogen-bond acceptors (Lipinski definition) is 2. The van der Waals surface area contributed by atoms with E-state index in [9.17, 15) is 0 Å². The number of hydrogen-bond donors (Lipinski definition) is 1. The minimum atomic E-state index is 0.420. The third-order valence-corrected chi connectivity index (χ3v) is 2.50. The molecule has 0 aliphatic carbocycles. The van der Waals surface area contributed by atoms with Crippen LogP contribution in [-0.2, 0) is 0 Å². The Kier molecular flexibility index (Phi) is 7.18. The highest BCUT2D eigenvalue weighted by atomic mass is 32.2. The molecule has 0 fully saturated rings. The van der Waals surface area contributed by atoms with E-state index in [1.807, 2.05) is 11.8 Å². The summed E-state index contributed by atoms with van der Waals surface area (Å²) in [4.78, 5) is 0. The molecule has 0 rings (SSSR count). The highest BCUT2D eigenvalue weighted by molar-refractivity contribution is 7.98. The zero-order valence-electron chi connectivity index (χ0n) is 7.97. The van der Waals surface area contributed by atoms with Gasteiger partial charge in [0.05, 0.1) is 0 Å². The van der Waals surface area contributed by atoms with Crippen molar-refractivity contribution in [1.29, 1.82) is 0 Å². The first kappa shape index (κ1) is 11.3. The highest BCUT2D eigenvalue weighted by Gasteiger charge is 2.01. The second-order valence-electron chi connectivity index (χ2n) is 3.54. The minimum Gasteiger partial charge on any atom is -0.327 e. The lowest BCUT2D eigenvalue weighted by Crippen LogP contribution is -2.22. The maximum absolute atomic E-state index is 5.85. The smallest absolute Gasteiger partial charge is 0.0130 e. The molecule has 11 heavy (non-hydrogen) atoms. The first-order valence-corrected chi connectivity index (χ1v) is 5.80. The zero-order valence-corrected chi connectivity index (χ0v) is 8.79. The molecule has 0 aliphatic heterocycles. The summed E-state index contributed by atoms with van der Waals surface area (Å²) in [7, 11) is 0. The Hall–Kier alpha value is 0.310. The van der Waals surface area contributed by atoms with Crippen LogP contribution in [0.15, 0.2) is 0 Å². The predicted octanol–water partition coefficient (Wildman–Crippen LogP) is 2.50. The van der Waals surface area contributed by atoms with Crippen molar-refractivity contribution in [1.82, 2.24) is 0 Å². The van der Waals surface area contributed by atoms with Gasteiger partial charge < -0.3 is 5.73 Å². The van der Waals surface area contributed by atoms with Crippen molar-refractivity contribution < 1.29 is 0 Å². The van der Waals surface area contributed by atoms with Gasteiger partial charge in [-0.05, 0) is 18.6 Å². The van der Waals surface area contributed by atoms with Crippen molar-refractivity contribution in [2.45, 2.75) is 39.2 Å². The van der Waals surface area contributed by atoms with Gasteiger partial charge in [0, 0.05) is 11.8 Å². The largest absolute Gasteiger partial charge is 0.327 e. The van der Waals surface area contributed by atoms with Gasteiger partial charge in [-0.3, -0.25) is 0 Å². The van der Waals surface area contributed by atoms with Gasteiger partial charge in [0.15, 0.2) is 0 Å². The first-order valence-electron chi connectivity index (χ1n) is 4.41. The van der Waals surface area contributed by atoms with E-state index < -0.39 is 0 Å². The van der Waals surface area contributed by atoms with Gasteiger partial charge in [0.25, 0.3) is 0 Å². The van der Waals surface area contributed by atoms with Crippen molar-refractivity contribution in [3.8, 4) is 0 Å². The van der Waals surface area contributed by atoms with E-state index in [1.165, 1.54) is 19.3 Å². The van der Waals surface area contributed by atoms with Crippen LogP contribution >= 0.6 is 11.8 Å². The van der Waals surface area contributed by atoms with Crippen LogP contribution in [-0.4, -0.2) is 18.1 Å². The Bertz CT molecular complexity index is 83.6. The van der Waals surface area contributed by atoms with E-state index in [0.29, 0.717) is 6.04 Å². The van der Waals surface area contributed by atoms with Crippen LogP contribution in [0.3, 0.4) is 0 Å². The topological polar surface area (TPSA) is 26.0 Å². The van der Waals surface area contributed by atoms with E-state index in [-0.39, 0.29) is 0 Å². The lowest BCUT2D eigenvalue weighted by Gasteiger charge is -2.10. The second-order valence-corrected chi connectivity index (χ2v) is 4.45. The summed E-state index contributed by atoms with van der Waals surface area (Å²) in [6.07, 6.45) is 5.92. The third kappa shape index (κ3) is 8.21. The molecule has 0 radical (unpaired) electrons. The molecule has 0 heterocycles. The Morgan fingerprint density at radius 1 is 1.27 bits per heavy atom. The van der Waals surface area contributed by atoms with Crippen molar-refractivity contribution in [2.24, 2.45) is 11.7 Å². The maximum Gasteiger partial charge on any atom is 0.0130 e. The summed E-state index contributed by atoms with van der Waals surface area (Å²) < 4.78 is 0. The van der Waals surface area contributed by atoms with E-state index in [1.54, 1.807) is 0 Å². The molecule has 0 aliphatic rings. The molecule has 1 atom stereocenters. The predicted molar refractivity (Wildman–Crippen MR) is 55.0 cm³/mol. The third-order valence-electron chi connectivity index (χ3n) is 1.74. The van der Waals surface area contributed by atoms with Gasteiger partial charge in [0.2, 0.25) is 0 Å². The molecule has 0 saturated heterocycles. The summed E-state index contributed by atoms with van der Waals surface area (Å²) in [5, 5.41) is 0. The summed E-state index contributed by atoms with van der Waals surface area (Å²) in [5.74, 6) is 1.94. The Labute approximate surface area is 75.1 Å². The van der Waals surface area contributed by atoms with Crippen LogP contribution in [0.4, 0.5) is 0 Å². The molecule has 2 heteroatoms. The molecule has 0 aromatic rings. The fraction of sp³-hybridized carbons (Fsp3) is 1.00. The SMILES string of the molecule is CSCC(N)CCCC(C)C. The molecule has 1 unspecified atom stereocenters. The molecule has 0 saturated carbocycles. The summed E-state index contributed by atoms with van der Waals surface area (Å²) in [6.45, 7) is 4.53. The first-order chi connectivity index (χ1) is 5.16. The Morgan fingerprint density at radius 3 is 2.36 bits per heavy atom. The summed E-state index contributed by atoms with van der Waals surface area (Å²) in [6, 6.07) is 0.420. The lowest BCUT2D eigenvalue weighted by atomic mass is 10.0. The van der Waals surface area contributed by atoms with E-state index in [0.717, 1.165) is 11.7 Å². The molecule has 2 N–H and O–H groups in total. The van der Waals surface area contributed by atoms with Crippen LogP contribution in [0.25, 0.3) is 0 Å². The quantitative estimate of drug-likeness (QED) is 0.671. The van der Waals surface area contributed by atoms with Crippen LogP contribution in [0.2, 0.25) is 0 Å². The van der Waals surface area contributed by atoms with Gasteiger partial charge in [-0.25, -0.2) is 0 Å².